The molecule has 0 bridgehead atoms. The molecule has 0 unspecified atom stereocenters. The van der Waals surface area contributed by atoms with Crippen molar-refractivity contribution in [3.05, 3.63) is 23.8 Å². The second-order valence-electron chi connectivity index (χ2n) is 4.40. The summed E-state index contributed by atoms with van der Waals surface area (Å²) in [4.78, 5) is 0.0169. The first-order valence-corrected chi connectivity index (χ1v) is 7.63. The van der Waals surface area contributed by atoms with Crippen LogP contribution in [0.1, 0.15) is 31.7 Å². The molecular weight excluding hydrogens is 262 g/mol. The monoisotopic (exact) mass is 281 g/mol. The van der Waals surface area contributed by atoms with E-state index in [0.29, 0.717) is 12.2 Å². The summed E-state index contributed by atoms with van der Waals surface area (Å²) in [7, 11) is -2.09. The van der Waals surface area contributed by atoms with Gasteiger partial charge in [0.15, 0.2) is 0 Å². The van der Waals surface area contributed by atoms with Gasteiger partial charge in [0, 0.05) is 19.3 Å². The molecule has 0 aromatic heterocycles. The summed E-state index contributed by atoms with van der Waals surface area (Å²) in [6, 6.07) is 6.14. The van der Waals surface area contributed by atoms with Gasteiger partial charge >= 0.3 is 0 Å². The third-order valence-electron chi connectivity index (χ3n) is 2.89. The molecule has 19 heavy (non-hydrogen) atoms. The van der Waals surface area contributed by atoms with Crippen LogP contribution in [0.3, 0.4) is 0 Å². The van der Waals surface area contributed by atoms with Crippen LogP contribution in [0.15, 0.2) is 23.1 Å². The second kappa shape index (κ2) is 6.55. The highest BCUT2D eigenvalue weighted by molar-refractivity contribution is 7.89. The van der Waals surface area contributed by atoms with Gasteiger partial charge in [0.05, 0.1) is 5.56 Å². The predicted octanol–water partition coefficient (Wildman–Crippen LogP) is 1.95. The number of rotatable bonds is 6. The Hall–Kier alpha value is -1.58. The summed E-state index contributed by atoms with van der Waals surface area (Å²) in [6.45, 7) is 2.51. The largest absolute Gasteiger partial charge is 0.399 e. The van der Waals surface area contributed by atoms with Crippen LogP contribution in [-0.4, -0.2) is 26.3 Å². The Morgan fingerprint density at radius 1 is 1.37 bits per heavy atom. The average molecular weight is 281 g/mol. The van der Waals surface area contributed by atoms with Crippen LogP contribution < -0.4 is 5.73 Å². The number of nitrogens with two attached hydrogens (primary N) is 1. The fourth-order valence-electron chi connectivity index (χ4n) is 1.73. The van der Waals surface area contributed by atoms with Crippen LogP contribution in [0.4, 0.5) is 5.69 Å². The minimum absolute atomic E-state index is 0.0169. The molecule has 0 aliphatic rings. The van der Waals surface area contributed by atoms with E-state index in [1.54, 1.807) is 0 Å². The van der Waals surface area contributed by atoms with E-state index in [-0.39, 0.29) is 10.5 Å². The molecule has 2 N–H and O–H groups in total. The van der Waals surface area contributed by atoms with E-state index >= 15 is 0 Å². The number of hydrogen-bond acceptors (Lipinski definition) is 4. The first-order chi connectivity index (χ1) is 8.93. The lowest BCUT2D eigenvalue weighted by Crippen LogP contribution is -2.28. The Kier molecular flexibility index (Phi) is 5.33. The van der Waals surface area contributed by atoms with Gasteiger partial charge in [-0.25, -0.2) is 12.7 Å². The standard InChI is InChI=1S/C13H19N3O2S/c1-3-4-5-8-16(2)19(17,18)13-7-6-12(15)9-11(13)10-14/h6-7,9H,3-5,8,15H2,1-2H3. The van der Waals surface area contributed by atoms with Crippen LogP contribution in [0, 0.1) is 11.3 Å². The van der Waals surface area contributed by atoms with Gasteiger partial charge in [-0.15, -0.1) is 0 Å². The van der Waals surface area contributed by atoms with Crippen molar-refractivity contribution in [3.8, 4) is 6.07 Å². The molecule has 0 radical (unpaired) electrons. The molecule has 5 nitrogen and oxygen atoms in total. The van der Waals surface area contributed by atoms with Crippen LogP contribution in [0.25, 0.3) is 0 Å². The number of nitrogen functional groups attached to an aromatic ring is 1. The lowest BCUT2D eigenvalue weighted by molar-refractivity contribution is 0.454. The van der Waals surface area contributed by atoms with Crippen molar-refractivity contribution in [3.63, 3.8) is 0 Å². The number of unbranched alkanes of at least 4 members (excludes halogenated alkanes) is 2. The van der Waals surface area contributed by atoms with E-state index in [4.69, 9.17) is 11.0 Å². The average Bonchev–Trinajstić information content (AvgIpc) is 2.38. The van der Waals surface area contributed by atoms with Gasteiger partial charge in [-0.05, 0) is 24.6 Å². The molecule has 0 atom stereocenters. The van der Waals surface area contributed by atoms with E-state index in [1.165, 1.54) is 29.6 Å². The molecule has 1 rings (SSSR count). The minimum atomic E-state index is -3.62. The molecule has 0 spiro atoms. The molecule has 0 fully saturated rings. The fraction of sp³-hybridized carbons (Fsp3) is 0.462. The zero-order valence-electron chi connectivity index (χ0n) is 11.3. The summed E-state index contributed by atoms with van der Waals surface area (Å²) in [6.07, 6.45) is 2.81. The first-order valence-electron chi connectivity index (χ1n) is 6.19. The zero-order valence-corrected chi connectivity index (χ0v) is 12.1. The van der Waals surface area contributed by atoms with Crippen LogP contribution in [0.2, 0.25) is 0 Å². The third kappa shape index (κ3) is 3.69. The Balaban J connectivity index is 3.04. The van der Waals surface area contributed by atoms with Gasteiger partial charge in [-0.1, -0.05) is 19.8 Å². The highest BCUT2D eigenvalue weighted by atomic mass is 32.2. The van der Waals surface area contributed by atoms with Gasteiger partial charge in [-0.2, -0.15) is 5.26 Å². The van der Waals surface area contributed by atoms with E-state index in [0.717, 1.165) is 19.3 Å². The van der Waals surface area contributed by atoms with Crippen LogP contribution in [0.5, 0.6) is 0 Å². The van der Waals surface area contributed by atoms with Gasteiger partial charge < -0.3 is 5.73 Å². The lowest BCUT2D eigenvalue weighted by atomic mass is 10.2. The molecule has 0 saturated carbocycles. The SMILES string of the molecule is CCCCCN(C)S(=O)(=O)c1ccc(N)cc1C#N. The van der Waals surface area contributed by atoms with Crippen molar-refractivity contribution in [2.24, 2.45) is 0 Å². The Morgan fingerprint density at radius 3 is 2.63 bits per heavy atom. The van der Waals surface area contributed by atoms with Crippen molar-refractivity contribution in [1.29, 1.82) is 5.26 Å². The van der Waals surface area contributed by atoms with Crippen LogP contribution >= 0.6 is 0 Å². The van der Waals surface area contributed by atoms with Crippen molar-refractivity contribution >= 4 is 15.7 Å². The van der Waals surface area contributed by atoms with Gasteiger partial charge in [-0.3, -0.25) is 0 Å². The number of nitriles is 1. The van der Waals surface area contributed by atoms with E-state index < -0.39 is 10.0 Å². The molecule has 0 heterocycles. The number of benzene rings is 1. The Bertz CT molecular complexity index is 576. The Labute approximate surface area is 114 Å². The van der Waals surface area contributed by atoms with E-state index in [2.05, 4.69) is 6.92 Å². The normalized spacial score (nSPS) is 11.5. The third-order valence-corrected chi connectivity index (χ3v) is 4.80. The molecule has 1 aromatic rings. The topological polar surface area (TPSA) is 87.2 Å². The van der Waals surface area contributed by atoms with Crippen LogP contribution in [-0.2, 0) is 10.0 Å². The quantitative estimate of drug-likeness (QED) is 0.637. The van der Waals surface area contributed by atoms with Gasteiger partial charge in [0.25, 0.3) is 0 Å². The molecule has 104 valence electrons. The summed E-state index contributed by atoms with van der Waals surface area (Å²) in [5.74, 6) is 0. The maximum absolute atomic E-state index is 12.4. The first kappa shape index (κ1) is 15.5. The molecule has 0 saturated heterocycles. The zero-order chi connectivity index (χ0) is 14.5. The fourth-order valence-corrected chi connectivity index (χ4v) is 3.06. The summed E-state index contributed by atoms with van der Waals surface area (Å²) < 4.78 is 26.0. The minimum Gasteiger partial charge on any atom is -0.399 e. The predicted molar refractivity (Wildman–Crippen MR) is 74.9 cm³/mol. The van der Waals surface area contributed by atoms with E-state index in [9.17, 15) is 8.42 Å². The molecule has 0 amide bonds. The second-order valence-corrected chi connectivity index (χ2v) is 6.41. The summed E-state index contributed by atoms with van der Waals surface area (Å²) in [5, 5.41) is 9.01. The number of sulfonamides is 1. The smallest absolute Gasteiger partial charge is 0.244 e. The lowest BCUT2D eigenvalue weighted by Gasteiger charge is -2.17. The van der Waals surface area contributed by atoms with Crippen molar-refractivity contribution in [2.75, 3.05) is 19.3 Å². The van der Waals surface area contributed by atoms with Crippen molar-refractivity contribution in [1.82, 2.24) is 4.31 Å². The maximum atomic E-state index is 12.4. The maximum Gasteiger partial charge on any atom is 0.244 e. The molecule has 6 heteroatoms. The molecule has 0 aliphatic heterocycles. The number of anilines is 1. The molecule has 0 aliphatic carbocycles. The molecule has 1 aromatic carbocycles. The highest BCUT2D eigenvalue weighted by Crippen LogP contribution is 2.21. The number of nitrogens with zero attached hydrogens (tertiary/aromatic N) is 2. The molecular formula is C13H19N3O2S. The highest BCUT2D eigenvalue weighted by Gasteiger charge is 2.23. The summed E-state index contributed by atoms with van der Waals surface area (Å²) in [5.41, 5.74) is 6.03. The van der Waals surface area contributed by atoms with Gasteiger partial charge in [0.1, 0.15) is 11.0 Å². The number of hydrogen-bond donors (Lipinski definition) is 1. The van der Waals surface area contributed by atoms with Crippen molar-refractivity contribution in [2.45, 2.75) is 31.1 Å². The van der Waals surface area contributed by atoms with Gasteiger partial charge in [0.2, 0.25) is 10.0 Å². The van der Waals surface area contributed by atoms with Crippen molar-refractivity contribution < 1.29 is 8.42 Å². The van der Waals surface area contributed by atoms with E-state index in [1.807, 2.05) is 6.07 Å². The Morgan fingerprint density at radius 2 is 2.05 bits per heavy atom. The summed E-state index contributed by atoms with van der Waals surface area (Å²) >= 11 is 0.